The van der Waals surface area contributed by atoms with Crippen molar-refractivity contribution < 1.29 is 0 Å². The van der Waals surface area contributed by atoms with E-state index in [2.05, 4.69) is 28.2 Å². The van der Waals surface area contributed by atoms with Gasteiger partial charge in [0.1, 0.15) is 0 Å². The number of aromatic amines is 1. The Labute approximate surface area is 143 Å². The summed E-state index contributed by atoms with van der Waals surface area (Å²) in [6, 6.07) is 7.67. The van der Waals surface area contributed by atoms with Crippen LogP contribution < -0.4 is 5.56 Å². The molecule has 1 aromatic carbocycles. The van der Waals surface area contributed by atoms with Crippen molar-refractivity contribution >= 4 is 29.1 Å². The molecule has 0 aliphatic rings. The van der Waals surface area contributed by atoms with Gasteiger partial charge in [0.15, 0.2) is 5.16 Å². The van der Waals surface area contributed by atoms with Crippen LogP contribution in [-0.2, 0) is 12.2 Å². The van der Waals surface area contributed by atoms with Gasteiger partial charge < -0.3 is 0 Å². The third-order valence-electron chi connectivity index (χ3n) is 3.56. The molecule has 2 aromatic heterocycles. The van der Waals surface area contributed by atoms with Crippen LogP contribution in [0, 0.1) is 6.92 Å². The van der Waals surface area contributed by atoms with E-state index in [0.717, 1.165) is 45.6 Å². The minimum Gasteiger partial charge on any atom is -0.291 e. The van der Waals surface area contributed by atoms with Crippen molar-refractivity contribution in [2.24, 2.45) is 0 Å². The van der Waals surface area contributed by atoms with Crippen LogP contribution in [0.1, 0.15) is 30.2 Å². The molecule has 7 heteroatoms. The second-order valence-electron chi connectivity index (χ2n) is 5.39. The number of halogens is 1. The Morgan fingerprint density at radius 1 is 1.30 bits per heavy atom. The van der Waals surface area contributed by atoms with Crippen LogP contribution in [0.25, 0.3) is 5.78 Å². The fraction of sp³-hybridized carbons (Fsp3) is 0.312. The molecule has 0 aliphatic heterocycles. The number of benzene rings is 1. The zero-order chi connectivity index (χ0) is 16.4. The molecule has 0 radical (unpaired) electrons. The molecule has 120 valence electrons. The molecule has 0 saturated heterocycles. The summed E-state index contributed by atoms with van der Waals surface area (Å²) in [4.78, 5) is 14.4. The Hall–Kier alpha value is -1.79. The summed E-state index contributed by atoms with van der Waals surface area (Å²) in [5.41, 5.74) is 2.98. The maximum atomic E-state index is 11.7. The number of thioether (sulfide) groups is 1. The Morgan fingerprint density at radius 3 is 2.87 bits per heavy atom. The van der Waals surface area contributed by atoms with Crippen molar-refractivity contribution in [3.05, 3.63) is 56.5 Å². The summed E-state index contributed by atoms with van der Waals surface area (Å²) in [5, 5.41) is 9.83. The molecule has 0 amide bonds. The van der Waals surface area contributed by atoms with Crippen LogP contribution >= 0.6 is 23.4 Å². The molecule has 23 heavy (non-hydrogen) atoms. The summed E-state index contributed by atoms with van der Waals surface area (Å²) in [6.45, 7) is 4.07. The Kier molecular flexibility index (Phi) is 4.73. The van der Waals surface area contributed by atoms with Crippen LogP contribution in [0.5, 0.6) is 0 Å². The molecule has 0 atom stereocenters. The lowest BCUT2D eigenvalue weighted by Gasteiger charge is -2.06. The van der Waals surface area contributed by atoms with Gasteiger partial charge in [0.05, 0.1) is 0 Å². The van der Waals surface area contributed by atoms with E-state index in [1.165, 1.54) is 0 Å². The van der Waals surface area contributed by atoms with Crippen LogP contribution in [0.15, 0.2) is 34.2 Å². The molecule has 0 fully saturated rings. The van der Waals surface area contributed by atoms with Crippen molar-refractivity contribution in [2.45, 2.75) is 37.6 Å². The lowest BCUT2D eigenvalue weighted by Crippen LogP contribution is -2.11. The number of rotatable bonds is 5. The molecule has 0 saturated carbocycles. The average Bonchev–Trinajstić information content (AvgIpc) is 2.92. The van der Waals surface area contributed by atoms with E-state index in [-0.39, 0.29) is 5.56 Å². The van der Waals surface area contributed by atoms with Gasteiger partial charge >= 0.3 is 0 Å². The summed E-state index contributed by atoms with van der Waals surface area (Å²) < 4.78 is 1.92. The van der Waals surface area contributed by atoms with Gasteiger partial charge in [-0.2, -0.15) is 0 Å². The maximum absolute atomic E-state index is 11.7. The normalized spacial score (nSPS) is 11.3. The molecular weight excluding hydrogens is 332 g/mol. The van der Waals surface area contributed by atoms with Crippen molar-refractivity contribution in [3.8, 4) is 0 Å². The van der Waals surface area contributed by atoms with Crippen molar-refractivity contribution in [2.75, 3.05) is 0 Å². The van der Waals surface area contributed by atoms with Crippen molar-refractivity contribution in [3.63, 3.8) is 0 Å². The highest BCUT2D eigenvalue weighted by atomic mass is 35.5. The van der Waals surface area contributed by atoms with Crippen LogP contribution in [0.4, 0.5) is 0 Å². The number of fused-ring (bicyclic) bond motifs is 1. The molecule has 0 aliphatic carbocycles. The third-order valence-corrected chi connectivity index (χ3v) is 4.97. The van der Waals surface area contributed by atoms with Gasteiger partial charge in [0, 0.05) is 22.5 Å². The minimum absolute atomic E-state index is 0.143. The summed E-state index contributed by atoms with van der Waals surface area (Å²) >= 11 is 7.75. The van der Waals surface area contributed by atoms with E-state index in [1.54, 1.807) is 17.8 Å². The predicted octanol–water partition coefficient (Wildman–Crippen LogP) is 3.62. The smallest absolute Gasteiger partial charge is 0.252 e. The van der Waals surface area contributed by atoms with Crippen molar-refractivity contribution in [1.29, 1.82) is 0 Å². The van der Waals surface area contributed by atoms with Crippen LogP contribution in [0.2, 0.25) is 5.02 Å². The molecule has 2 heterocycles. The second-order valence-corrected chi connectivity index (χ2v) is 6.74. The molecule has 5 nitrogen and oxygen atoms in total. The SMILES string of the molecule is CCCc1cc(=O)[nH]c2nnc(SCc3ccc(C)c(Cl)c3)n12. The average molecular weight is 349 g/mol. The highest BCUT2D eigenvalue weighted by Gasteiger charge is 2.12. The minimum atomic E-state index is -0.143. The fourth-order valence-corrected chi connectivity index (χ4v) is 3.49. The first-order valence-corrected chi connectivity index (χ1v) is 8.80. The van der Waals surface area contributed by atoms with Gasteiger partial charge in [-0.05, 0) is 30.5 Å². The Bertz CT molecular complexity index is 903. The first kappa shape index (κ1) is 16.1. The van der Waals surface area contributed by atoms with Crippen LogP contribution in [0.3, 0.4) is 0 Å². The number of aromatic nitrogens is 4. The van der Waals surface area contributed by atoms with Crippen molar-refractivity contribution in [1.82, 2.24) is 19.6 Å². The third kappa shape index (κ3) is 3.43. The van der Waals surface area contributed by atoms with E-state index in [1.807, 2.05) is 23.5 Å². The first-order chi connectivity index (χ1) is 11.1. The van der Waals surface area contributed by atoms with Gasteiger partial charge in [0.25, 0.3) is 5.56 Å². The summed E-state index contributed by atoms with van der Waals surface area (Å²) in [7, 11) is 0. The van der Waals surface area contributed by atoms with Gasteiger partial charge in [-0.3, -0.25) is 14.2 Å². The second kappa shape index (κ2) is 6.76. The fourth-order valence-electron chi connectivity index (χ4n) is 2.38. The van der Waals surface area contributed by atoms with E-state index < -0.39 is 0 Å². The molecule has 1 N–H and O–H groups in total. The molecular formula is C16H17ClN4OS. The van der Waals surface area contributed by atoms with Gasteiger partial charge in [0.2, 0.25) is 5.78 Å². The highest BCUT2D eigenvalue weighted by Crippen LogP contribution is 2.25. The monoisotopic (exact) mass is 348 g/mol. The van der Waals surface area contributed by atoms with E-state index in [0.29, 0.717) is 5.78 Å². The quantitative estimate of drug-likeness (QED) is 0.715. The number of H-pyrrole nitrogens is 1. The lowest BCUT2D eigenvalue weighted by molar-refractivity contribution is 0.800. The van der Waals surface area contributed by atoms with E-state index in [4.69, 9.17) is 11.6 Å². The number of hydrogen-bond acceptors (Lipinski definition) is 4. The Balaban J connectivity index is 1.90. The standard InChI is InChI=1S/C16H17ClN4OS/c1-3-4-12-8-14(22)18-15-19-20-16(21(12)15)23-9-11-6-5-10(2)13(17)7-11/h5-8H,3-4,9H2,1-2H3,(H,18,19,22). The van der Waals surface area contributed by atoms with Gasteiger partial charge in [-0.25, -0.2) is 0 Å². The Morgan fingerprint density at radius 2 is 2.13 bits per heavy atom. The molecule has 3 rings (SSSR count). The number of hydrogen-bond donors (Lipinski definition) is 1. The number of nitrogens with zero attached hydrogens (tertiary/aromatic N) is 3. The molecule has 0 bridgehead atoms. The molecule has 3 aromatic rings. The van der Waals surface area contributed by atoms with Gasteiger partial charge in [-0.15, -0.1) is 10.2 Å². The topological polar surface area (TPSA) is 63.0 Å². The zero-order valence-corrected chi connectivity index (χ0v) is 14.5. The maximum Gasteiger partial charge on any atom is 0.252 e. The highest BCUT2D eigenvalue weighted by molar-refractivity contribution is 7.98. The first-order valence-electron chi connectivity index (χ1n) is 7.43. The zero-order valence-electron chi connectivity index (χ0n) is 13.0. The van der Waals surface area contributed by atoms with Gasteiger partial charge in [-0.1, -0.05) is 48.8 Å². The molecule has 0 spiro atoms. The van der Waals surface area contributed by atoms with E-state index in [9.17, 15) is 4.79 Å². The number of aryl methyl sites for hydroxylation is 2. The van der Waals surface area contributed by atoms with Crippen LogP contribution in [-0.4, -0.2) is 19.6 Å². The number of nitrogens with one attached hydrogen (secondary N) is 1. The largest absolute Gasteiger partial charge is 0.291 e. The lowest BCUT2D eigenvalue weighted by atomic mass is 10.2. The summed E-state index contributed by atoms with van der Waals surface area (Å²) in [5.74, 6) is 1.23. The molecule has 0 unspecified atom stereocenters. The summed E-state index contributed by atoms with van der Waals surface area (Å²) in [6.07, 6.45) is 1.76. The van der Waals surface area contributed by atoms with E-state index >= 15 is 0 Å². The predicted molar refractivity (Wildman–Crippen MR) is 93.4 cm³/mol.